The molecule has 6 nitrogen and oxygen atoms in total. The van der Waals surface area contributed by atoms with Gasteiger partial charge in [-0.2, -0.15) is 0 Å². The molecule has 2 N–H and O–H groups in total. The Morgan fingerprint density at radius 3 is 2.55 bits per heavy atom. The number of carbonyl (C=O) groups excluding carboxylic acids is 1. The van der Waals surface area contributed by atoms with Gasteiger partial charge in [0.25, 0.3) is 0 Å². The lowest BCUT2D eigenvalue weighted by Gasteiger charge is -2.38. The molecule has 0 bridgehead atoms. The molecule has 1 saturated heterocycles. The van der Waals surface area contributed by atoms with Gasteiger partial charge in [0, 0.05) is 13.1 Å². The fourth-order valence-corrected chi connectivity index (χ4v) is 2.35. The quantitative estimate of drug-likeness (QED) is 0.804. The van der Waals surface area contributed by atoms with Gasteiger partial charge in [-0.25, -0.2) is 4.79 Å². The number of hydrogen-bond donors (Lipinski definition) is 2. The summed E-state index contributed by atoms with van der Waals surface area (Å²) in [5.74, 6) is -1.11. The number of morpholine rings is 1. The van der Waals surface area contributed by atoms with Crippen LogP contribution < -0.4 is 5.32 Å². The van der Waals surface area contributed by atoms with E-state index in [4.69, 9.17) is 9.84 Å². The molecule has 0 spiro atoms. The monoisotopic (exact) mass is 286 g/mol. The van der Waals surface area contributed by atoms with Crippen LogP contribution in [0, 0.1) is 11.8 Å². The molecule has 20 heavy (non-hydrogen) atoms. The molecule has 116 valence electrons. The highest BCUT2D eigenvalue weighted by atomic mass is 16.5. The van der Waals surface area contributed by atoms with Gasteiger partial charge in [-0.1, -0.05) is 13.8 Å². The van der Waals surface area contributed by atoms with Crippen molar-refractivity contribution in [3.05, 3.63) is 0 Å². The largest absolute Gasteiger partial charge is 0.481 e. The number of aliphatic carboxylic acids is 1. The van der Waals surface area contributed by atoms with Crippen molar-refractivity contribution < 1.29 is 19.4 Å². The third-order valence-electron chi connectivity index (χ3n) is 3.32. The van der Waals surface area contributed by atoms with E-state index in [1.165, 1.54) is 0 Å². The number of nitrogens with zero attached hydrogens (tertiary/aromatic N) is 1. The molecule has 0 aliphatic carbocycles. The summed E-state index contributed by atoms with van der Waals surface area (Å²) in [6, 6.07) is -0.212. The van der Waals surface area contributed by atoms with Crippen LogP contribution in [0.1, 0.15) is 34.1 Å². The van der Waals surface area contributed by atoms with Crippen molar-refractivity contribution in [3.8, 4) is 0 Å². The number of carboxylic acid groups (broad SMARTS) is 1. The maximum atomic E-state index is 12.1. The molecule has 1 unspecified atom stereocenters. The lowest BCUT2D eigenvalue weighted by Crippen LogP contribution is -2.54. The van der Waals surface area contributed by atoms with Crippen LogP contribution in [0.4, 0.5) is 4.79 Å². The second-order valence-electron chi connectivity index (χ2n) is 6.38. The molecule has 1 heterocycles. The average Bonchev–Trinajstić information content (AvgIpc) is 2.32. The zero-order valence-electron chi connectivity index (χ0n) is 12.8. The van der Waals surface area contributed by atoms with Crippen LogP contribution in [-0.2, 0) is 9.53 Å². The Morgan fingerprint density at radius 1 is 1.40 bits per heavy atom. The van der Waals surface area contributed by atoms with Gasteiger partial charge in [-0.15, -0.1) is 0 Å². The molecule has 0 aromatic rings. The number of carbonyl (C=O) groups is 2. The Balaban J connectivity index is 2.47. The van der Waals surface area contributed by atoms with E-state index < -0.39 is 11.9 Å². The standard InChI is InChI=1S/C14H26N2O4/c1-10(2)7-11(12(17)18)8-15-13(19)16-5-6-20-14(3,4)9-16/h10-11H,5-9H2,1-4H3,(H,15,19)(H,17,18). The van der Waals surface area contributed by atoms with Crippen molar-refractivity contribution in [3.63, 3.8) is 0 Å². The zero-order chi connectivity index (χ0) is 15.3. The third-order valence-corrected chi connectivity index (χ3v) is 3.32. The first kappa shape index (κ1) is 16.8. The van der Waals surface area contributed by atoms with E-state index in [0.717, 1.165) is 0 Å². The van der Waals surface area contributed by atoms with Crippen LogP contribution in [0.5, 0.6) is 0 Å². The fourth-order valence-electron chi connectivity index (χ4n) is 2.35. The number of urea groups is 1. The topological polar surface area (TPSA) is 78.9 Å². The van der Waals surface area contributed by atoms with E-state index in [9.17, 15) is 9.59 Å². The molecular formula is C14H26N2O4. The predicted molar refractivity (Wildman–Crippen MR) is 75.6 cm³/mol. The van der Waals surface area contributed by atoms with Crippen molar-refractivity contribution >= 4 is 12.0 Å². The van der Waals surface area contributed by atoms with Crippen molar-refractivity contribution in [2.75, 3.05) is 26.2 Å². The summed E-state index contributed by atoms with van der Waals surface area (Å²) in [5, 5.41) is 11.9. The minimum atomic E-state index is -0.860. The molecular weight excluding hydrogens is 260 g/mol. The normalized spacial score (nSPS) is 19.8. The minimum Gasteiger partial charge on any atom is -0.481 e. The van der Waals surface area contributed by atoms with Gasteiger partial charge in [0.1, 0.15) is 0 Å². The lowest BCUT2D eigenvalue weighted by atomic mass is 9.97. The van der Waals surface area contributed by atoms with E-state index in [1.807, 2.05) is 27.7 Å². The van der Waals surface area contributed by atoms with Gasteiger partial charge in [-0.3, -0.25) is 4.79 Å². The number of hydrogen-bond acceptors (Lipinski definition) is 3. The molecule has 2 amide bonds. The van der Waals surface area contributed by atoms with Crippen LogP contribution in [0.2, 0.25) is 0 Å². The Labute approximate surface area is 120 Å². The average molecular weight is 286 g/mol. The Bertz CT molecular complexity index is 355. The Morgan fingerprint density at radius 2 is 2.05 bits per heavy atom. The van der Waals surface area contributed by atoms with Crippen LogP contribution in [-0.4, -0.2) is 53.8 Å². The van der Waals surface area contributed by atoms with Gasteiger partial charge in [0.2, 0.25) is 0 Å². The molecule has 1 atom stereocenters. The maximum Gasteiger partial charge on any atom is 0.317 e. The van der Waals surface area contributed by atoms with E-state index in [2.05, 4.69) is 5.32 Å². The summed E-state index contributed by atoms with van der Waals surface area (Å²) < 4.78 is 5.55. The first-order chi connectivity index (χ1) is 9.21. The number of rotatable bonds is 5. The third kappa shape index (κ3) is 5.36. The second-order valence-corrected chi connectivity index (χ2v) is 6.38. The highest BCUT2D eigenvalue weighted by Gasteiger charge is 2.30. The second kappa shape index (κ2) is 6.92. The molecule has 1 fully saturated rings. The SMILES string of the molecule is CC(C)CC(CNC(=O)N1CCOC(C)(C)C1)C(=O)O. The van der Waals surface area contributed by atoms with Gasteiger partial charge in [0.15, 0.2) is 0 Å². The number of nitrogens with one attached hydrogen (secondary N) is 1. The van der Waals surface area contributed by atoms with Crippen molar-refractivity contribution in [2.45, 2.75) is 39.7 Å². The van der Waals surface area contributed by atoms with E-state index >= 15 is 0 Å². The molecule has 0 aromatic carbocycles. The smallest absolute Gasteiger partial charge is 0.317 e. The van der Waals surface area contributed by atoms with Crippen LogP contribution in [0.15, 0.2) is 0 Å². The van der Waals surface area contributed by atoms with Gasteiger partial charge in [0.05, 0.1) is 24.7 Å². The molecule has 6 heteroatoms. The van der Waals surface area contributed by atoms with E-state index in [-0.39, 0.29) is 24.1 Å². The summed E-state index contributed by atoms with van der Waals surface area (Å²) >= 11 is 0. The fraction of sp³-hybridized carbons (Fsp3) is 0.857. The summed E-state index contributed by atoms with van der Waals surface area (Å²) in [7, 11) is 0. The molecule has 1 rings (SSSR count). The van der Waals surface area contributed by atoms with Gasteiger partial charge in [-0.05, 0) is 26.2 Å². The number of ether oxygens (including phenoxy) is 1. The highest BCUT2D eigenvalue weighted by molar-refractivity contribution is 5.76. The predicted octanol–water partition coefficient (Wildman–Crippen LogP) is 1.55. The minimum absolute atomic E-state index is 0.171. The highest BCUT2D eigenvalue weighted by Crippen LogP contribution is 2.16. The van der Waals surface area contributed by atoms with Gasteiger partial charge >= 0.3 is 12.0 Å². The van der Waals surface area contributed by atoms with Crippen LogP contribution in [0.3, 0.4) is 0 Å². The van der Waals surface area contributed by atoms with E-state index in [1.54, 1.807) is 4.90 Å². The molecule has 0 aromatic heterocycles. The van der Waals surface area contributed by atoms with Crippen LogP contribution in [0.25, 0.3) is 0 Å². The Kier molecular flexibility index (Phi) is 5.80. The number of amides is 2. The molecule has 1 aliphatic rings. The van der Waals surface area contributed by atoms with Crippen molar-refractivity contribution in [1.29, 1.82) is 0 Å². The first-order valence-electron chi connectivity index (χ1n) is 7.11. The number of carboxylic acids is 1. The van der Waals surface area contributed by atoms with Gasteiger partial charge < -0.3 is 20.1 Å². The summed E-state index contributed by atoms with van der Waals surface area (Å²) in [6.45, 7) is 9.55. The lowest BCUT2D eigenvalue weighted by molar-refractivity contribution is -0.142. The first-order valence-corrected chi connectivity index (χ1v) is 7.11. The summed E-state index contributed by atoms with van der Waals surface area (Å²) in [5.41, 5.74) is -0.347. The molecule has 1 aliphatic heterocycles. The summed E-state index contributed by atoms with van der Waals surface area (Å²) in [6.07, 6.45) is 0.560. The maximum absolute atomic E-state index is 12.1. The van der Waals surface area contributed by atoms with Crippen LogP contribution >= 0.6 is 0 Å². The van der Waals surface area contributed by atoms with Crippen molar-refractivity contribution in [2.24, 2.45) is 11.8 Å². The summed E-state index contributed by atoms with van der Waals surface area (Å²) in [4.78, 5) is 24.9. The molecule has 0 saturated carbocycles. The van der Waals surface area contributed by atoms with E-state index in [0.29, 0.717) is 26.1 Å². The molecule has 0 radical (unpaired) electrons. The van der Waals surface area contributed by atoms with Crippen molar-refractivity contribution in [1.82, 2.24) is 10.2 Å². The zero-order valence-corrected chi connectivity index (χ0v) is 12.8. The Hall–Kier alpha value is -1.30.